The van der Waals surface area contributed by atoms with Crippen LogP contribution >= 0.6 is 0 Å². The van der Waals surface area contributed by atoms with E-state index in [0.717, 1.165) is 22.4 Å². The molecule has 4 aromatic rings. The zero-order chi connectivity index (χ0) is 16.0. The summed E-state index contributed by atoms with van der Waals surface area (Å²) < 4.78 is 2.16. The molecule has 2 heterocycles. The lowest BCUT2D eigenvalue weighted by atomic mass is 10.1. The van der Waals surface area contributed by atoms with Crippen molar-refractivity contribution in [3.63, 3.8) is 0 Å². The van der Waals surface area contributed by atoms with Gasteiger partial charge in [-0.25, -0.2) is 4.98 Å². The third-order valence-corrected chi connectivity index (χ3v) is 4.37. The molecule has 2 aromatic carbocycles. The van der Waals surface area contributed by atoms with Gasteiger partial charge in [-0.05, 0) is 29.7 Å². The first-order valence-corrected chi connectivity index (χ1v) is 7.91. The summed E-state index contributed by atoms with van der Waals surface area (Å²) in [5.74, 6) is 1.21. The molecular weight excluding hydrogens is 282 g/mol. The van der Waals surface area contributed by atoms with Crippen molar-refractivity contribution in [2.45, 2.75) is 19.8 Å². The number of nitrogen functional groups attached to an aromatic ring is 1. The quantitative estimate of drug-likeness (QED) is 0.573. The number of nitrogens with two attached hydrogens (primary N) is 1. The van der Waals surface area contributed by atoms with Crippen LogP contribution in [-0.4, -0.2) is 9.55 Å². The molecule has 114 valence electrons. The minimum atomic E-state index is 0.414. The molecule has 0 unspecified atom stereocenters. The number of benzene rings is 2. The summed E-state index contributed by atoms with van der Waals surface area (Å²) in [6, 6.07) is 18.8. The van der Waals surface area contributed by atoms with Crippen molar-refractivity contribution in [1.29, 1.82) is 0 Å². The third-order valence-electron chi connectivity index (χ3n) is 4.37. The van der Waals surface area contributed by atoms with E-state index >= 15 is 0 Å². The van der Waals surface area contributed by atoms with Gasteiger partial charge in [0.15, 0.2) is 5.82 Å². The van der Waals surface area contributed by atoms with Crippen molar-refractivity contribution in [2.24, 2.45) is 0 Å². The first-order chi connectivity index (χ1) is 11.2. The maximum atomic E-state index is 6.35. The summed E-state index contributed by atoms with van der Waals surface area (Å²) in [5, 5.41) is 2.44. The molecule has 0 spiro atoms. The molecule has 0 amide bonds. The number of rotatable bonds is 2. The Morgan fingerprint density at radius 1 is 0.913 bits per heavy atom. The number of nitrogens with zero attached hydrogens (tertiary/aromatic N) is 2. The van der Waals surface area contributed by atoms with Gasteiger partial charge >= 0.3 is 0 Å². The van der Waals surface area contributed by atoms with E-state index in [1.807, 2.05) is 12.3 Å². The molecule has 0 fully saturated rings. The van der Waals surface area contributed by atoms with Gasteiger partial charge in [-0.2, -0.15) is 0 Å². The van der Waals surface area contributed by atoms with Gasteiger partial charge in [0.2, 0.25) is 0 Å². The minimum absolute atomic E-state index is 0.414. The van der Waals surface area contributed by atoms with E-state index in [1.54, 1.807) is 0 Å². The Bertz CT molecular complexity index is 959. The van der Waals surface area contributed by atoms with E-state index in [0.29, 0.717) is 11.6 Å². The monoisotopic (exact) mass is 301 g/mol. The zero-order valence-electron chi connectivity index (χ0n) is 13.3. The second kappa shape index (κ2) is 5.13. The van der Waals surface area contributed by atoms with Gasteiger partial charge in [-0.1, -0.05) is 50.2 Å². The van der Waals surface area contributed by atoms with Crippen molar-refractivity contribution in [3.05, 3.63) is 66.4 Å². The molecule has 3 heteroatoms. The Labute approximate surface area is 135 Å². The summed E-state index contributed by atoms with van der Waals surface area (Å²) in [6.45, 7) is 4.30. The molecule has 0 saturated carbocycles. The Morgan fingerprint density at radius 3 is 2.00 bits per heavy atom. The average Bonchev–Trinajstić information content (AvgIpc) is 2.89. The highest BCUT2D eigenvalue weighted by molar-refractivity contribution is 6.09. The molecule has 0 aliphatic heterocycles. The van der Waals surface area contributed by atoms with Crippen LogP contribution in [0.5, 0.6) is 0 Å². The van der Waals surface area contributed by atoms with Crippen LogP contribution in [0.1, 0.15) is 25.3 Å². The molecule has 0 saturated heterocycles. The number of hydrogen-bond acceptors (Lipinski definition) is 2. The maximum Gasteiger partial charge on any atom is 0.160 e. The molecule has 0 bridgehead atoms. The summed E-state index contributed by atoms with van der Waals surface area (Å²) in [4.78, 5) is 4.68. The molecule has 3 nitrogen and oxygen atoms in total. The molecule has 0 radical (unpaired) electrons. The van der Waals surface area contributed by atoms with Crippen molar-refractivity contribution >= 4 is 27.5 Å². The molecule has 0 aliphatic carbocycles. The highest BCUT2D eigenvalue weighted by Crippen LogP contribution is 2.33. The van der Waals surface area contributed by atoms with Gasteiger partial charge in [-0.15, -0.1) is 0 Å². The third kappa shape index (κ3) is 2.08. The van der Waals surface area contributed by atoms with Crippen LogP contribution < -0.4 is 5.73 Å². The second-order valence-electron chi connectivity index (χ2n) is 6.21. The van der Waals surface area contributed by atoms with E-state index in [9.17, 15) is 0 Å². The van der Waals surface area contributed by atoms with Crippen LogP contribution in [0, 0.1) is 0 Å². The lowest BCUT2D eigenvalue weighted by Crippen LogP contribution is -2.04. The fourth-order valence-corrected chi connectivity index (χ4v) is 3.14. The van der Waals surface area contributed by atoms with Gasteiger partial charge in [0.1, 0.15) is 0 Å². The number of para-hydroxylation sites is 2. The smallest absolute Gasteiger partial charge is 0.160 e. The number of pyridine rings is 1. The van der Waals surface area contributed by atoms with Gasteiger partial charge in [0.25, 0.3) is 0 Å². The summed E-state index contributed by atoms with van der Waals surface area (Å²) in [5.41, 5.74) is 10.5. The minimum Gasteiger partial charge on any atom is -0.396 e. The largest absolute Gasteiger partial charge is 0.396 e. The van der Waals surface area contributed by atoms with Gasteiger partial charge in [0.05, 0.1) is 16.7 Å². The summed E-state index contributed by atoms with van der Waals surface area (Å²) in [7, 11) is 0. The topological polar surface area (TPSA) is 43.8 Å². The molecule has 4 rings (SSSR count). The Hall–Kier alpha value is -2.81. The zero-order valence-corrected chi connectivity index (χ0v) is 13.3. The van der Waals surface area contributed by atoms with Crippen LogP contribution in [-0.2, 0) is 0 Å². The molecular formula is C20H19N3. The Morgan fingerprint density at radius 2 is 1.48 bits per heavy atom. The lowest BCUT2D eigenvalue weighted by molar-refractivity contribution is 0.856. The first-order valence-electron chi connectivity index (χ1n) is 7.91. The fourth-order valence-electron chi connectivity index (χ4n) is 3.14. The van der Waals surface area contributed by atoms with Crippen LogP contribution in [0.4, 0.5) is 5.69 Å². The molecule has 2 aromatic heterocycles. The van der Waals surface area contributed by atoms with Crippen molar-refractivity contribution in [3.8, 4) is 5.82 Å². The highest BCUT2D eigenvalue weighted by Gasteiger charge is 2.14. The van der Waals surface area contributed by atoms with E-state index in [2.05, 4.69) is 71.9 Å². The van der Waals surface area contributed by atoms with Crippen LogP contribution in [0.3, 0.4) is 0 Å². The first kappa shape index (κ1) is 13.8. The van der Waals surface area contributed by atoms with Crippen molar-refractivity contribution < 1.29 is 0 Å². The Kier molecular flexibility index (Phi) is 3.08. The van der Waals surface area contributed by atoms with E-state index < -0.39 is 0 Å². The van der Waals surface area contributed by atoms with E-state index in [4.69, 9.17) is 5.73 Å². The van der Waals surface area contributed by atoms with Crippen LogP contribution in [0.25, 0.3) is 27.6 Å². The second-order valence-corrected chi connectivity index (χ2v) is 6.21. The lowest BCUT2D eigenvalue weighted by Gasteiger charge is -2.12. The molecule has 2 N–H and O–H groups in total. The Balaban J connectivity index is 2.08. The number of hydrogen-bond donors (Lipinski definition) is 1. The highest BCUT2D eigenvalue weighted by atomic mass is 15.1. The summed E-state index contributed by atoms with van der Waals surface area (Å²) >= 11 is 0. The maximum absolute atomic E-state index is 6.35. The molecule has 0 aliphatic rings. The summed E-state index contributed by atoms with van der Waals surface area (Å²) in [6.07, 6.45) is 1.93. The predicted octanol–water partition coefficient (Wildman–Crippen LogP) is 4.88. The normalized spacial score (nSPS) is 11.6. The van der Waals surface area contributed by atoms with Crippen LogP contribution in [0.15, 0.2) is 60.8 Å². The van der Waals surface area contributed by atoms with E-state index in [-0.39, 0.29) is 0 Å². The van der Waals surface area contributed by atoms with Crippen LogP contribution in [0.2, 0.25) is 0 Å². The molecule has 23 heavy (non-hydrogen) atoms. The predicted molar refractivity (Wildman–Crippen MR) is 97.1 cm³/mol. The van der Waals surface area contributed by atoms with Crippen molar-refractivity contribution in [2.75, 3.05) is 5.73 Å². The van der Waals surface area contributed by atoms with Gasteiger partial charge < -0.3 is 5.73 Å². The number of anilines is 1. The van der Waals surface area contributed by atoms with Crippen molar-refractivity contribution in [1.82, 2.24) is 9.55 Å². The van der Waals surface area contributed by atoms with Gasteiger partial charge in [-0.3, -0.25) is 4.57 Å². The molecule has 0 atom stereocenters. The number of fused-ring (bicyclic) bond motifs is 3. The average molecular weight is 301 g/mol. The van der Waals surface area contributed by atoms with E-state index in [1.165, 1.54) is 10.8 Å². The fraction of sp³-hybridized carbons (Fsp3) is 0.150. The number of aromatic nitrogens is 2. The standard InChI is InChI=1S/C20H19N3/c1-13(2)14-11-17(21)20(22-12-14)23-18-9-5-3-7-15(18)16-8-4-6-10-19(16)23/h3-13H,21H2,1-2H3. The SMILES string of the molecule is CC(C)c1cnc(-n2c3ccccc3c3ccccc32)c(N)c1. The van der Waals surface area contributed by atoms with Gasteiger partial charge in [0, 0.05) is 17.0 Å².